The smallest absolute Gasteiger partial charge is 0.163 e. The number of benzene rings is 1. The lowest BCUT2D eigenvalue weighted by molar-refractivity contribution is 0.0978. The van der Waals surface area contributed by atoms with Crippen molar-refractivity contribution in [1.29, 1.82) is 0 Å². The number of ketones is 1. The third-order valence-corrected chi connectivity index (χ3v) is 4.41. The zero-order valence-corrected chi connectivity index (χ0v) is 13.9. The van der Waals surface area contributed by atoms with Crippen molar-refractivity contribution in [3.8, 4) is 5.75 Å². The van der Waals surface area contributed by atoms with E-state index in [0.717, 1.165) is 29.7 Å². The Morgan fingerprint density at radius 3 is 2.64 bits per heavy atom. The molecular formula is C19H28NO2. The van der Waals surface area contributed by atoms with Gasteiger partial charge in [0.1, 0.15) is 5.75 Å². The molecule has 1 saturated heterocycles. The summed E-state index contributed by atoms with van der Waals surface area (Å²) in [7, 11) is 1.65. The van der Waals surface area contributed by atoms with Crippen molar-refractivity contribution in [3.05, 3.63) is 35.7 Å². The molecule has 1 aliphatic rings. The maximum Gasteiger partial charge on any atom is 0.163 e. The molecule has 1 heterocycles. The molecule has 1 aromatic rings. The SMILES string of the molecule is COc1ccc(C(=O)CCCCCN2CC[CH]CC2)c(C)c1. The number of carbonyl (C=O) groups excluding carboxylic acids is 1. The first-order chi connectivity index (χ1) is 10.7. The number of unbranched alkanes of at least 4 members (excludes halogenated alkanes) is 2. The molecule has 0 N–H and O–H groups in total. The monoisotopic (exact) mass is 302 g/mol. The van der Waals surface area contributed by atoms with Crippen LogP contribution >= 0.6 is 0 Å². The summed E-state index contributed by atoms with van der Waals surface area (Å²) >= 11 is 0. The summed E-state index contributed by atoms with van der Waals surface area (Å²) in [4.78, 5) is 14.8. The van der Waals surface area contributed by atoms with Gasteiger partial charge in [0, 0.05) is 12.0 Å². The van der Waals surface area contributed by atoms with Crippen LogP contribution in [0.2, 0.25) is 0 Å². The Hall–Kier alpha value is -1.35. The van der Waals surface area contributed by atoms with E-state index in [1.807, 2.05) is 25.1 Å². The van der Waals surface area contributed by atoms with Gasteiger partial charge in [0.2, 0.25) is 0 Å². The zero-order chi connectivity index (χ0) is 15.8. The molecule has 3 nitrogen and oxygen atoms in total. The van der Waals surface area contributed by atoms with Gasteiger partial charge in [-0.1, -0.05) is 6.42 Å². The maximum atomic E-state index is 12.3. The van der Waals surface area contributed by atoms with Crippen LogP contribution < -0.4 is 4.74 Å². The summed E-state index contributed by atoms with van der Waals surface area (Å²) in [5, 5.41) is 0. The average molecular weight is 302 g/mol. The maximum absolute atomic E-state index is 12.3. The number of likely N-dealkylation sites (tertiary alicyclic amines) is 1. The van der Waals surface area contributed by atoms with Gasteiger partial charge in [-0.05, 0) is 82.4 Å². The quantitative estimate of drug-likeness (QED) is 0.536. The molecule has 0 bridgehead atoms. The first-order valence-electron chi connectivity index (χ1n) is 8.42. The largest absolute Gasteiger partial charge is 0.497 e. The lowest BCUT2D eigenvalue weighted by atomic mass is 10.00. The molecule has 0 aromatic heterocycles. The summed E-state index contributed by atoms with van der Waals surface area (Å²) in [6, 6.07) is 5.69. The number of hydrogen-bond donors (Lipinski definition) is 0. The van der Waals surface area contributed by atoms with E-state index < -0.39 is 0 Å². The van der Waals surface area contributed by atoms with Crippen LogP contribution in [-0.4, -0.2) is 37.4 Å². The van der Waals surface area contributed by atoms with E-state index in [9.17, 15) is 4.79 Å². The van der Waals surface area contributed by atoms with Gasteiger partial charge in [-0.25, -0.2) is 0 Å². The lowest BCUT2D eigenvalue weighted by Gasteiger charge is -2.26. The summed E-state index contributed by atoms with van der Waals surface area (Å²) in [5.74, 6) is 1.07. The first-order valence-corrected chi connectivity index (χ1v) is 8.42. The van der Waals surface area contributed by atoms with E-state index in [1.165, 1.54) is 38.9 Å². The van der Waals surface area contributed by atoms with Gasteiger partial charge in [-0.2, -0.15) is 0 Å². The van der Waals surface area contributed by atoms with E-state index in [2.05, 4.69) is 11.3 Å². The molecular weight excluding hydrogens is 274 g/mol. The van der Waals surface area contributed by atoms with Crippen LogP contribution in [0.3, 0.4) is 0 Å². The minimum Gasteiger partial charge on any atom is -0.497 e. The molecule has 0 unspecified atom stereocenters. The van der Waals surface area contributed by atoms with E-state index in [1.54, 1.807) is 7.11 Å². The topological polar surface area (TPSA) is 29.5 Å². The summed E-state index contributed by atoms with van der Waals surface area (Å²) < 4.78 is 5.18. The number of piperidine rings is 1. The second-order valence-electron chi connectivity index (χ2n) is 6.12. The van der Waals surface area contributed by atoms with Crippen LogP contribution in [0.25, 0.3) is 0 Å². The van der Waals surface area contributed by atoms with Crippen LogP contribution in [0.1, 0.15) is 54.4 Å². The Morgan fingerprint density at radius 1 is 1.18 bits per heavy atom. The number of aryl methyl sites for hydroxylation is 1. The highest BCUT2D eigenvalue weighted by Crippen LogP contribution is 2.19. The minimum atomic E-state index is 0.257. The van der Waals surface area contributed by atoms with Crippen LogP contribution in [0.15, 0.2) is 18.2 Å². The molecule has 121 valence electrons. The Balaban J connectivity index is 1.67. The van der Waals surface area contributed by atoms with Gasteiger partial charge in [-0.3, -0.25) is 4.79 Å². The number of hydrogen-bond acceptors (Lipinski definition) is 3. The average Bonchev–Trinajstić information content (AvgIpc) is 2.55. The molecule has 0 spiro atoms. The van der Waals surface area contributed by atoms with E-state index in [0.29, 0.717) is 6.42 Å². The van der Waals surface area contributed by atoms with Gasteiger partial charge < -0.3 is 9.64 Å². The van der Waals surface area contributed by atoms with E-state index in [4.69, 9.17) is 4.74 Å². The first kappa shape index (κ1) is 17.0. The Kier molecular flexibility index (Phi) is 6.91. The molecule has 1 aliphatic heterocycles. The molecule has 2 rings (SSSR count). The molecule has 1 aromatic carbocycles. The molecule has 0 saturated carbocycles. The van der Waals surface area contributed by atoms with Crippen LogP contribution in [0.5, 0.6) is 5.75 Å². The van der Waals surface area contributed by atoms with Gasteiger partial charge in [0.25, 0.3) is 0 Å². The summed E-state index contributed by atoms with van der Waals surface area (Å²) in [6.07, 6.45) is 8.83. The molecule has 22 heavy (non-hydrogen) atoms. The van der Waals surface area contributed by atoms with E-state index >= 15 is 0 Å². The van der Waals surface area contributed by atoms with Gasteiger partial charge >= 0.3 is 0 Å². The standard InChI is InChI=1S/C19H28NO2/c1-16-15-17(22-2)10-11-18(16)19(21)9-5-3-6-12-20-13-7-4-8-14-20/h4,10-11,15H,3,5-9,12-14H2,1-2H3. The predicted molar refractivity (Wildman–Crippen MR) is 90.5 cm³/mol. The second kappa shape index (κ2) is 8.94. The van der Waals surface area contributed by atoms with Gasteiger partial charge in [0.15, 0.2) is 5.78 Å². The number of rotatable bonds is 8. The fourth-order valence-electron chi connectivity index (χ4n) is 3.04. The van der Waals surface area contributed by atoms with E-state index in [-0.39, 0.29) is 5.78 Å². The highest BCUT2D eigenvalue weighted by molar-refractivity contribution is 5.97. The predicted octanol–water partition coefficient (Wildman–Crippen LogP) is 4.05. The Bertz CT molecular complexity index is 478. The zero-order valence-electron chi connectivity index (χ0n) is 13.9. The minimum absolute atomic E-state index is 0.257. The molecule has 1 fully saturated rings. The van der Waals surface area contributed by atoms with Gasteiger partial charge in [0.05, 0.1) is 7.11 Å². The Morgan fingerprint density at radius 2 is 1.95 bits per heavy atom. The van der Waals surface area contributed by atoms with Gasteiger partial charge in [-0.15, -0.1) is 0 Å². The normalized spacial score (nSPS) is 15.7. The molecule has 0 amide bonds. The fourth-order valence-corrected chi connectivity index (χ4v) is 3.04. The van der Waals surface area contributed by atoms with Crippen LogP contribution in [0.4, 0.5) is 0 Å². The molecule has 1 radical (unpaired) electrons. The third kappa shape index (κ3) is 5.13. The summed E-state index contributed by atoms with van der Waals surface area (Å²) in [5.41, 5.74) is 1.85. The number of methoxy groups -OCH3 is 1. The van der Waals surface area contributed by atoms with Crippen molar-refractivity contribution < 1.29 is 9.53 Å². The van der Waals surface area contributed by atoms with Crippen molar-refractivity contribution >= 4 is 5.78 Å². The highest BCUT2D eigenvalue weighted by atomic mass is 16.5. The van der Waals surface area contributed by atoms with Crippen LogP contribution in [0, 0.1) is 13.3 Å². The molecule has 0 atom stereocenters. The molecule has 3 heteroatoms. The Labute approximate surface area is 134 Å². The van der Waals surface area contributed by atoms with Crippen molar-refractivity contribution in [2.75, 3.05) is 26.7 Å². The number of Topliss-reactive ketones (excluding diaryl/α,β-unsaturated/α-hetero) is 1. The number of nitrogens with zero attached hydrogens (tertiary/aromatic N) is 1. The number of ether oxygens (including phenoxy) is 1. The van der Waals surface area contributed by atoms with Crippen molar-refractivity contribution in [2.45, 2.75) is 45.4 Å². The highest BCUT2D eigenvalue weighted by Gasteiger charge is 2.11. The second-order valence-corrected chi connectivity index (χ2v) is 6.12. The summed E-state index contributed by atoms with van der Waals surface area (Å²) in [6.45, 7) is 5.58. The number of carbonyl (C=O) groups is 1. The molecule has 0 aliphatic carbocycles. The van der Waals surface area contributed by atoms with Crippen molar-refractivity contribution in [2.24, 2.45) is 0 Å². The van der Waals surface area contributed by atoms with Crippen LogP contribution in [-0.2, 0) is 0 Å². The third-order valence-electron chi connectivity index (χ3n) is 4.41. The fraction of sp³-hybridized carbons (Fsp3) is 0.579. The van der Waals surface area contributed by atoms with Crippen molar-refractivity contribution in [1.82, 2.24) is 4.90 Å². The lowest BCUT2D eigenvalue weighted by Crippen LogP contribution is -2.30. The van der Waals surface area contributed by atoms with Crippen molar-refractivity contribution in [3.63, 3.8) is 0 Å².